The Morgan fingerprint density at radius 1 is 1.09 bits per heavy atom. The van der Waals surface area contributed by atoms with Crippen LogP contribution in [-0.2, 0) is 10.2 Å². The van der Waals surface area contributed by atoms with E-state index in [4.69, 9.17) is 19.7 Å². The van der Waals surface area contributed by atoms with Crippen LogP contribution >= 0.6 is 0 Å². The molecule has 2 bridgehead atoms. The van der Waals surface area contributed by atoms with E-state index >= 15 is 0 Å². The zero-order chi connectivity index (χ0) is 21.7. The molecule has 3 aromatic heterocycles. The van der Waals surface area contributed by atoms with Gasteiger partial charge in [-0.25, -0.2) is 4.98 Å². The fraction of sp³-hybridized carbons (Fsp3) is 0.615. The van der Waals surface area contributed by atoms with E-state index in [0.29, 0.717) is 17.4 Å². The second-order valence-electron chi connectivity index (χ2n) is 11.5. The number of rotatable bonds is 4. The monoisotopic (exact) mass is 429 g/mol. The first-order valence-electron chi connectivity index (χ1n) is 12.2. The molecule has 0 aromatic carbocycles. The van der Waals surface area contributed by atoms with Crippen LogP contribution in [0.2, 0.25) is 0 Å². The summed E-state index contributed by atoms with van der Waals surface area (Å²) in [5, 5.41) is 4.61. The quantitative estimate of drug-likeness (QED) is 0.561. The summed E-state index contributed by atoms with van der Waals surface area (Å²) in [5.74, 6) is 0.362. The van der Waals surface area contributed by atoms with Gasteiger partial charge in [0.2, 0.25) is 0 Å². The summed E-state index contributed by atoms with van der Waals surface area (Å²) in [5.41, 5.74) is 7.35. The predicted molar refractivity (Wildman–Crippen MR) is 121 cm³/mol. The van der Waals surface area contributed by atoms with Crippen LogP contribution in [0.1, 0.15) is 99.5 Å². The van der Waals surface area contributed by atoms with E-state index in [0.717, 1.165) is 29.6 Å². The maximum atomic E-state index is 6.39. The van der Waals surface area contributed by atoms with Crippen molar-refractivity contribution >= 4 is 11.0 Å². The van der Waals surface area contributed by atoms with E-state index in [2.05, 4.69) is 35.9 Å². The third kappa shape index (κ3) is 2.88. The first-order chi connectivity index (χ1) is 15.4. The van der Waals surface area contributed by atoms with E-state index in [1.165, 1.54) is 49.1 Å². The van der Waals surface area contributed by atoms with Crippen molar-refractivity contribution in [3.8, 4) is 0 Å². The van der Waals surface area contributed by atoms with E-state index in [-0.39, 0.29) is 17.6 Å². The van der Waals surface area contributed by atoms with Gasteiger partial charge in [0.25, 0.3) is 0 Å². The molecule has 5 aliphatic rings. The average Bonchev–Trinajstić information content (AvgIpc) is 3.45. The highest BCUT2D eigenvalue weighted by molar-refractivity contribution is 5.79. The van der Waals surface area contributed by atoms with Gasteiger partial charge in [0.15, 0.2) is 0 Å². The highest BCUT2D eigenvalue weighted by atomic mass is 16.5. The number of fused-ring (bicyclic) bond motifs is 1. The summed E-state index contributed by atoms with van der Waals surface area (Å²) < 4.78 is 8.51. The van der Waals surface area contributed by atoms with Crippen LogP contribution in [0.3, 0.4) is 0 Å². The van der Waals surface area contributed by atoms with Crippen molar-refractivity contribution in [1.82, 2.24) is 24.7 Å². The van der Waals surface area contributed by atoms with Gasteiger partial charge in [-0.05, 0) is 70.3 Å². The summed E-state index contributed by atoms with van der Waals surface area (Å²) in [7, 11) is 0. The lowest BCUT2D eigenvalue weighted by molar-refractivity contribution is -0.127. The average molecular weight is 430 g/mol. The van der Waals surface area contributed by atoms with Crippen LogP contribution in [0.4, 0.5) is 0 Å². The van der Waals surface area contributed by atoms with Gasteiger partial charge in [-0.1, -0.05) is 6.92 Å². The lowest BCUT2D eigenvalue weighted by Gasteiger charge is -2.69. The Morgan fingerprint density at radius 2 is 1.91 bits per heavy atom. The summed E-state index contributed by atoms with van der Waals surface area (Å²) in [4.78, 5) is 15.0. The molecular weight excluding hydrogens is 398 g/mol. The SMILES string of the molecule is Cc1cnc2c(C34CC(C)(C3)C4)nc(C3CC(C)OC(c4cnn(C5CC5)c4)C3)cc2n1. The Kier molecular flexibility index (Phi) is 3.82. The third-order valence-corrected chi connectivity index (χ3v) is 8.31. The normalized spacial score (nSPS) is 36.0. The Balaban J connectivity index is 1.26. The Labute approximate surface area is 188 Å². The lowest BCUT2D eigenvalue weighted by Crippen LogP contribution is -2.63. The van der Waals surface area contributed by atoms with Crippen LogP contribution < -0.4 is 0 Å². The van der Waals surface area contributed by atoms with Gasteiger partial charge in [-0.2, -0.15) is 5.10 Å². The number of hydrogen-bond donors (Lipinski definition) is 0. The zero-order valence-electron chi connectivity index (χ0n) is 19.2. The second-order valence-corrected chi connectivity index (χ2v) is 11.5. The van der Waals surface area contributed by atoms with Gasteiger partial charge in [-0.15, -0.1) is 0 Å². The van der Waals surface area contributed by atoms with Crippen molar-refractivity contribution in [1.29, 1.82) is 0 Å². The molecule has 4 saturated carbocycles. The third-order valence-electron chi connectivity index (χ3n) is 8.31. The van der Waals surface area contributed by atoms with E-state index in [9.17, 15) is 0 Å². The summed E-state index contributed by atoms with van der Waals surface area (Å²) >= 11 is 0. The van der Waals surface area contributed by atoms with Crippen LogP contribution in [0.25, 0.3) is 11.0 Å². The van der Waals surface area contributed by atoms with Crippen LogP contribution in [0.15, 0.2) is 24.7 Å². The maximum absolute atomic E-state index is 6.39. The smallest absolute Gasteiger partial charge is 0.111 e. The molecule has 4 heterocycles. The van der Waals surface area contributed by atoms with Gasteiger partial charge < -0.3 is 4.74 Å². The second kappa shape index (κ2) is 6.37. The molecule has 4 aliphatic carbocycles. The molecule has 8 rings (SSSR count). The summed E-state index contributed by atoms with van der Waals surface area (Å²) in [6.45, 7) is 6.62. The number of aromatic nitrogens is 5. The fourth-order valence-electron chi connectivity index (χ4n) is 6.92. The van der Waals surface area contributed by atoms with E-state index in [1.807, 2.05) is 19.3 Å². The molecule has 1 saturated heterocycles. The van der Waals surface area contributed by atoms with Crippen LogP contribution in [0, 0.1) is 12.3 Å². The Morgan fingerprint density at radius 3 is 2.66 bits per heavy atom. The molecule has 166 valence electrons. The molecule has 0 spiro atoms. The van der Waals surface area contributed by atoms with Crippen molar-refractivity contribution in [3.05, 3.63) is 47.3 Å². The molecule has 3 aromatic rings. The minimum atomic E-state index is 0.0784. The molecule has 0 amide bonds. The molecule has 3 atom stereocenters. The largest absolute Gasteiger partial charge is 0.370 e. The van der Waals surface area contributed by atoms with Crippen LogP contribution in [0.5, 0.6) is 0 Å². The van der Waals surface area contributed by atoms with Gasteiger partial charge in [0.1, 0.15) is 5.52 Å². The number of pyridine rings is 1. The molecule has 32 heavy (non-hydrogen) atoms. The van der Waals surface area contributed by atoms with Gasteiger partial charge in [-0.3, -0.25) is 14.6 Å². The molecule has 3 unspecified atom stereocenters. The highest BCUT2D eigenvalue weighted by Crippen LogP contribution is 2.73. The molecule has 0 radical (unpaired) electrons. The number of aryl methyl sites for hydroxylation is 1. The summed E-state index contributed by atoms with van der Waals surface area (Å²) in [6, 6.07) is 2.81. The van der Waals surface area contributed by atoms with Crippen LogP contribution in [-0.4, -0.2) is 30.8 Å². The maximum Gasteiger partial charge on any atom is 0.111 e. The zero-order valence-corrected chi connectivity index (χ0v) is 19.2. The number of ether oxygens (including phenoxy) is 1. The van der Waals surface area contributed by atoms with Gasteiger partial charge in [0, 0.05) is 35.0 Å². The van der Waals surface area contributed by atoms with Crippen molar-refractivity contribution in [2.75, 3.05) is 0 Å². The molecule has 0 N–H and O–H groups in total. The van der Waals surface area contributed by atoms with E-state index in [1.54, 1.807) is 0 Å². The lowest BCUT2D eigenvalue weighted by atomic mass is 9.35. The standard InChI is InChI=1S/C26H31N5O/c1-15-9-27-23-21(29-15)8-20(30-24(23)26-12-25(3,13-26)14-26)17-6-16(2)32-22(7-17)18-10-28-31(11-18)19-4-5-19/h8-11,16-17,19,22H,4-7,12-14H2,1-3H3. The predicted octanol–water partition coefficient (Wildman–Crippen LogP) is 5.33. The molecular formula is C26H31N5O. The number of hydrogen-bond acceptors (Lipinski definition) is 5. The minimum Gasteiger partial charge on any atom is -0.370 e. The van der Waals surface area contributed by atoms with Crippen molar-refractivity contribution in [2.45, 2.75) is 95.3 Å². The Bertz CT molecular complexity index is 1210. The van der Waals surface area contributed by atoms with Gasteiger partial charge in [0.05, 0.1) is 41.4 Å². The minimum absolute atomic E-state index is 0.0784. The molecule has 6 heteroatoms. The topological polar surface area (TPSA) is 65.7 Å². The number of nitrogens with zero attached hydrogens (tertiary/aromatic N) is 5. The molecule has 6 nitrogen and oxygen atoms in total. The highest BCUT2D eigenvalue weighted by Gasteiger charge is 2.67. The van der Waals surface area contributed by atoms with Gasteiger partial charge >= 0.3 is 0 Å². The molecule has 5 fully saturated rings. The molecule has 1 aliphatic heterocycles. The summed E-state index contributed by atoms with van der Waals surface area (Å²) in [6.07, 6.45) is 14.5. The Hall–Kier alpha value is -2.34. The van der Waals surface area contributed by atoms with E-state index < -0.39 is 0 Å². The van der Waals surface area contributed by atoms with Crippen molar-refractivity contribution in [3.63, 3.8) is 0 Å². The van der Waals surface area contributed by atoms with Crippen molar-refractivity contribution in [2.24, 2.45) is 5.41 Å². The first-order valence-corrected chi connectivity index (χ1v) is 12.2. The fourth-order valence-corrected chi connectivity index (χ4v) is 6.92. The first kappa shape index (κ1) is 19.2. The van der Waals surface area contributed by atoms with Crippen molar-refractivity contribution < 1.29 is 4.74 Å².